The van der Waals surface area contributed by atoms with Crippen LogP contribution in [-0.4, -0.2) is 85.3 Å². The zero-order valence-corrected chi connectivity index (χ0v) is 64.5. The van der Waals surface area contributed by atoms with Crippen LogP contribution in [0.4, 0.5) is 0 Å². The summed E-state index contributed by atoms with van der Waals surface area (Å²) >= 11 is -6.09. The van der Waals surface area contributed by atoms with Crippen LogP contribution in [0.5, 0.6) is 69.0 Å². The van der Waals surface area contributed by atoms with Gasteiger partial charge in [-0.15, -0.1) is 0 Å². The molecular weight excluding hydrogens is 1430 g/mol. The molecule has 12 aromatic carbocycles. The zero-order valence-electron chi connectivity index (χ0n) is 58.9. The summed E-state index contributed by atoms with van der Waals surface area (Å²) < 4.78 is 89.2. The van der Waals surface area contributed by atoms with Crippen LogP contribution < -0.4 is 120 Å². The summed E-state index contributed by atoms with van der Waals surface area (Å²) in [5.74, 6) is 7.22. The maximum atomic E-state index is 7.43. The van der Waals surface area contributed by atoms with Gasteiger partial charge in [0.2, 0.25) is 0 Å². The SMILES string of the molecule is COc1ccccc1[PH](c1ccccc1OC)(c1ccccc1OC)[Pd]([PH](c1ccccc1OC)(c1ccccc1OC)c1ccccc1OC)([PH](c1ccccc1OC)(c1ccccc1OC)c1ccccc1OC)[PH](c1ccccc1OC)(c1ccccc1OC)c1ccccc1OC. The number of methoxy groups -OCH3 is 12. The van der Waals surface area contributed by atoms with Crippen molar-refractivity contribution in [3.8, 4) is 69.0 Å². The molecule has 12 nitrogen and oxygen atoms in total. The molecule has 0 fully saturated rings. The number of ether oxygens (including phenoxy) is 12. The van der Waals surface area contributed by atoms with Gasteiger partial charge in [0.05, 0.1) is 0 Å². The summed E-state index contributed by atoms with van der Waals surface area (Å²) in [5, 5.41) is 10.6. The number of rotatable bonds is 28. The van der Waals surface area contributed by atoms with Crippen LogP contribution in [0.3, 0.4) is 0 Å². The van der Waals surface area contributed by atoms with Crippen molar-refractivity contribution in [1.82, 2.24) is 0 Å². The van der Waals surface area contributed by atoms with Gasteiger partial charge in [-0.25, -0.2) is 0 Å². The summed E-state index contributed by atoms with van der Waals surface area (Å²) in [6.45, 7) is 0. The van der Waals surface area contributed by atoms with E-state index >= 15 is 0 Å². The number of para-hydroxylation sites is 12. The zero-order chi connectivity index (χ0) is 70.8. The molecule has 101 heavy (non-hydrogen) atoms. The van der Waals surface area contributed by atoms with Gasteiger partial charge in [-0.05, 0) is 0 Å². The summed E-state index contributed by atoms with van der Waals surface area (Å²) in [7, 11) is 21.4. The molecule has 0 aliphatic rings. The molecule has 0 aromatic heterocycles. The quantitative estimate of drug-likeness (QED) is 0.0344. The molecule has 0 N–H and O–H groups in total. The predicted molar refractivity (Wildman–Crippen MR) is 425 cm³/mol. The summed E-state index contributed by atoms with van der Waals surface area (Å²) in [4.78, 5) is 0. The molecule has 17 heteroatoms. The normalized spacial score (nSPS) is 13.2. The Morgan fingerprint density at radius 3 is 0.297 bits per heavy atom. The monoisotopic (exact) mass is 1520 g/mol. The van der Waals surface area contributed by atoms with Gasteiger partial charge in [0, 0.05) is 0 Å². The summed E-state index contributed by atoms with van der Waals surface area (Å²) in [6.07, 6.45) is 0. The topological polar surface area (TPSA) is 111 Å². The number of hydrogen-bond donors (Lipinski definition) is 0. The van der Waals surface area contributed by atoms with E-state index in [1.165, 1.54) is 0 Å². The van der Waals surface area contributed by atoms with Crippen molar-refractivity contribution in [1.29, 1.82) is 0 Å². The van der Waals surface area contributed by atoms with Gasteiger partial charge in [-0.2, -0.15) is 0 Å². The van der Waals surface area contributed by atoms with E-state index in [9.17, 15) is 0 Å². The van der Waals surface area contributed by atoms with Gasteiger partial charge in [0.15, 0.2) is 0 Å². The van der Waals surface area contributed by atoms with Crippen LogP contribution in [0.1, 0.15) is 0 Å². The van der Waals surface area contributed by atoms with E-state index in [0.29, 0.717) is 69.0 Å². The van der Waals surface area contributed by atoms with Crippen LogP contribution in [0.2, 0.25) is 0 Å². The third kappa shape index (κ3) is 11.0. The van der Waals surface area contributed by atoms with Gasteiger partial charge in [0.1, 0.15) is 0 Å². The first-order valence-electron chi connectivity index (χ1n) is 32.9. The molecule has 0 spiro atoms. The van der Waals surface area contributed by atoms with E-state index in [4.69, 9.17) is 56.8 Å². The molecule has 0 aliphatic carbocycles. The Kier molecular flexibility index (Phi) is 22.1. The molecule has 0 radical (unpaired) electrons. The van der Waals surface area contributed by atoms with Crippen molar-refractivity contribution in [2.45, 2.75) is 0 Å². The Bertz CT molecular complexity index is 3810. The molecule has 0 amide bonds. The molecule has 0 saturated heterocycles. The van der Waals surface area contributed by atoms with E-state index < -0.39 is 35.4 Å². The molecule has 12 aromatic rings. The van der Waals surface area contributed by atoms with Gasteiger partial charge in [-0.1, -0.05) is 0 Å². The van der Waals surface area contributed by atoms with Crippen molar-refractivity contribution >= 4 is 85.5 Å². The maximum absolute atomic E-state index is 7.43. The van der Waals surface area contributed by atoms with Crippen LogP contribution in [0.15, 0.2) is 291 Å². The van der Waals surface area contributed by atoms with Crippen molar-refractivity contribution in [3.05, 3.63) is 291 Å². The van der Waals surface area contributed by atoms with Crippen molar-refractivity contribution in [2.24, 2.45) is 0 Å². The number of benzene rings is 12. The average molecular weight is 1520 g/mol. The third-order valence-corrected chi connectivity index (χ3v) is 122. The van der Waals surface area contributed by atoms with Crippen LogP contribution in [-0.2, 0) is 13.6 Å². The Morgan fingerprint density at radius 1 is 0.139 bits per heavy atom. The van der Waals surface area contributed by atoms with E-state index in [2.05, 4.69) is 291 Å². The van der Waals surface area contributed by atoms with E-state index in [0.717, 1.165) is 63.7 Å². The summed E-state index contributed by atoms with van der Waals surface area (Å²) in [5.41, 5.74) is -21.2. The fourth-order valence-electron chi connectivity index (χ4n) is 15.3. The molecular formula is C84H88O12P4Pd. The molecule has 0 unspecified atom stereocenters. The molecule has 0 heterocycles. The van der Waals surface area contributed by atoms with Crippen LogP contribution >= 0.6 is 21.8 Å². The van der Waals surface area contributed by atoms with Crippen molar-refractivity contribution < 1.29 is 70.4 Å². The molecule has 0 bridgehead atoms. The fraction of sp³-hybridized carbons (Fsp3) is 0.143. The second kappa shape index (κ2) is 31.2. The Labute approximate surface area is 597 Å². The van der Waals surface area contributed by atoms with Crippen LogP contribution in [0.25, 0.3) is 0 Å². The second-order valence-corrected chi connectivity index (χ2v) is 73.5. The average Bonchev–Trinajstić information content (AvgIpc) is 0.613. The molecule has 0 saturated carbocycles. The Balaban J connectivity index is 1.83. The molecule has 0 aliphatic heterocycles. The first kappa shape index (κ1) is 71.4. The Morgan fingerprint density at radius 2 is 0.218 bits per heavy atom. The van der Waals surface area contributed by atoms with Gasteiger partial charge >= 0.3 is 601 Å². The van der Waals surface area contributed by atoms with E-state index in [-0.39, 0.29) is 0 Å². The minimum atomic E-state index is -6.09. The third-order valence-electron chi connectivity index (χ3n) is 19.0. The molecule has 12 rings (SSSR count). The predicted octanol–water partition coefficient (Wildman–Crippen LogP) is 12.8. The molecule has 526 valence electrons. The first-order valence-corrected chi connectivity index (χ1v) is 49.5. The van der Waals surface area contributed by atoms with Gasteiger partial charge in [0.25, 0.3) is 0 Å². The summed E-state index contributed by atoms with van der Waals surface area (Å²) in [6, 6.07) is 104. The first-order chi connectivity index (χ1) is 49.6. The van der Waals surface area contributed by atoms with Gasteiger partial charge < -0.3 is 0 Å². The van der Waals surface area contributed by atoms with Crippen LogP contribution in [0, 0.1) is 0 Å². The number of hydrogen-bond acceptors (Lipinski definition) is 12. The second-order valence-electron chi connectivity index (χ2n) is 23.3. The fourth-order valence-corrected chi connectivity index (χ4v) is 176. The van der Waals surface area contributed by atoms with Crippen molar-refractivity contribution in [3.63, 3.8) is 0 Å². The minimum absolute atomic E-state index is 0.602. The Hall–Kier alpha value is -9.38. The van der Waals surface area contributed by atoms with Crippen molar-refractivity contribution in [2.75, 3.05) is 85.3 Å². The van der Waals surface area contributed by atoms with E-state index in [1.54, 1.807) is 85.3 Å². The standard InChI is InChI=1S/4C21H21O3P.Pd/c4*1-22-16-10-4-7-13-19(16)25(20-14-8-5-11-17(20)23-2)21-15-9-6-12-18(21)24-3;/h4*4-15H,1-3H3;/q;;;;-4/p+4. The van der Waals surface area contributed by atoms with E-state index in [1.807, 2.05) is 0 Å². The molecule has 0 atom stereocenters. The van der Waals surface area contributed by atoms with Gasteiger partial charge in [-0.3, -0.25) is 0 Å².